The summed E-state index contributed by atoms with van der Waals surface area (Å²) in [6.07, 6.45) is 0. The zero-order chi connectivity index (χ0) is 14.6. The second-order valence-electron chi connectivity index (χ2n) is 4.27. The molecule has 2 aromatic carbocycles. The minimum atomic E-state index is -3.57. The molecule has 0 saturated carbocycles. The molecule has 0 spiro atoms. The molecule has 0 amide bonds. The van der Waals surface area contributed by atoms with E-state index in [2.05, 4.69) is 4.72 Å². The molecule has 0 heterocycles. The molecule has 0 radical (unpaired) electrons. The number of hydrogen-bond donors (Lipinski definition) is 2. The van der Waals surface area contributed by atoms with Gasteiger partial charge >= 0.3 is 0 Å². The van der Waals surface area contributed by atoms with Gasteiger partial charge in [-0.05, 0) is 29.3 Å². The number of rotatable bonds is 5. The number of hydrogen-bond acceptors (Lipinski definition) is 3. The molecule has 0 aliphatic rings. The topological polar surface area (TPSA) is 72.2 Å². The Hall–Kier alpha value is -1.40. The van der Waals surface area contributed by atoms with Gasteiger partial charge in [0.25, 0.3) is 0 Å². The molecule has 2 rings (SSSR count). The molecule has 0 saturated heterocycles. The highest BCUT2D eigenvalue weighted by atomic mass is 35.5. The maximum Gasteiger partial charge on any atom is 0.240 e. The van der Waals surface area contributed by atoms with Gasteiger partial charge in [-0.1, -0.05) is 41.9 Å². The number of nitrogens with one attached hydrogen (secondary N) is 1. The summed E-state index contributed by atoms with van der Waals surface area (Å²) >= 11 is 6.00. The summed E-state index contributed by atoms with van der Waals surface area (Å²) in [4.78, 5) is 0.201. The normalized spacial score (nSPS) is 11.5. The van der Waals surface area contributed by atoms with Gasteiger partial charge in [0.05, 0.1) is 4.90 Å². The molecule has 6 heteroatoms. The molecule has 106 valence electrons. The zero-order valence-electron chi connectivity index (χ0n) is 10.7. The summed E-state index contributed by atoms with van der Waals surface area (Å²) in [6.45, 7) is 0.447. The first-order valence-corrected chi connectivity index (χ1v) is 7.91. The van der Waals surface area contributed by atoms with Crippen molar-refractivity contribution in [2.24, 2.45) is 5.73 Å². The van der Waals surface area contributed by atoms with Crippen LogP contribution in [0.4, 0.5) is 0 Å². The Morgan fingerprint density at radius 3 is 2.55 bits per heavy atom. The molecule has 4 nitrogen and oxygen atoms in total. The Morgan fingerprint density at radius 2 is 1.85 bits per heavy atom. The molecular formula is C14H15ClN2O2S. The molecule has 0 atom stereocenters. The Bertz CT molecular complexity index is 702. The first-order chi connectivity index (χ1) is 9.53. The van der Waals surface area contributed by atoms with Crippen LogP contribution in [0.25, 0.3) is 0 Å². The molecule has 0 aliphatic heterocycles. The third kappa shape index (κ3) is 3.58. The summed E-state index contributed by atoms with van der Waals surface area (Å²) in [7, 11) is -3.57. The molecule has 2 aromatic rings. The zero-order valence-corrected chi connectivity index (χ0v) is 12.3. The summed E-state index contributed by atoms with van der Waals surface area (Å²) in [5, 5.41) is 0.533. The first kappa shape index (κ1) is 15.0. The fourth-order valence-electron chi connectivity index (χ4n) is 1.74. The van der Waals surface area contributed by atoms with E-state index in [1.807, 2.05) is 6.07 Å². The van der Waals surface area contributed by atoms with Crippen molar-refractivity contribution in [2.45, 2.75) is 18.0 Å². The Labute approximate surface area is 123 Å². The summed E-state index contributed by atoms with van der Waals surface area (Å²) in [5.74, 6) is 0. The van der Waals surface area contributed by atoms with Gasteiger partial charge in [0.2, 0.25) is 10.0 Å². The van der Waals surface area contributed by atoms with Crippen LogP contribution in [0.1, 0.15) is 11.1 Å². The molecule has 0 bridgehead atoms. The lowest BCUT2D eigenvalue weighted by Gasteiger charge is -2.09. The van der Waals surface area contributed by atoms with Gasteiger partial charge in [0.1, 0.15) is 0 Å². The fraction of sp³-hybridized carbons (Fsp3) is 0.143. The van der Waals surface area contributed by atoms with Gasteiger partial charge in [0, 0.05) is 18.1 Å². The molecule has 3 N–H and O–H groups in total. The van der Waals surface area contributed by atoms with E-state index in [0.29, 0.717) is 11.6 Å². The van der Waals surface area contributed by atoms with Crippen LogP contribution in [-0.4, -0.2) is 8.42 Å². The molecule has 0 aromatic heterocycles. The van der Waals surface area contributed by atoms with Crippen LogP contribution in [0.5, 0.6) is 0 Å². The van der Waals surface area contributed by atoms with Crippen molar-refractivity contribution in [3.05, 3.63) is 64.7 Å². The average Bonchev–Trinajstić information content (AvgIpc) is 2.46. The van der Waals surface area contributed by atoms with Crippen molar-refractivity contribution < 1.29 is 8.42 Å². The van der Waals surface area contributed by atoms with Crippen LogP contribution in [0.3, 0.4) is 0 Å². The quantitative estimate of drug-likeness (QED) is 0.890. The van der Waals surface area contributed by atoms with E-state index in [-0.39, 0.29) is 11.4 Å². The molecular weight excluding hydrogens is 296 g/mol. The summed E-state index contributed by atoms with van der Waals surface area (Å²) in [6, 6.07) is 13.7. The minimum absolute atomic E-state index is 0.148. The second kappa shape index (κ2) is 6.37. The Morgan fingerprint density at radius 1 is 1.10 bits per heavy atom. The van der Waals surface area contributed by atoms with Crippen molar-refractivity contribution in [3.8, 4) is 0 Å². The standard InChI is InChI=1S/C14H15ClN2O2S/c15-14-7-2-1-5-12(14)10-17-20(18,19)13-6-3-4-11(8-13)9-16/h1-8,17H,9-10,16H2. The van der Waals surface area contributed by atoms with Gasteiger partial charge in [-0.3, -0.25) is 0 Å². The van der Waals surface area contributed by atoms with Crippen LogP contribution in [0, 0.1) is 0 Å². The maximum atomic E-state index is 12.2. The summed E-state index contributed by atoms with van der Waals surface area (Å²) in [5.41, 5.74) is 7.01. The van der Waals surface area contributed by atoms with Crippen LogP contribution < -0.4 is 10.5 Å². The third-order valence-corrected chi connectivity index (χ3v) is 4.62. The lowest BCUT2D eigenvalue weighted by Crippen LogP contribution is -2.23. The second-order valence-corrected chi connectivity index (χ2v) is 6.44. The van der Waals surface area contributed by atoms with E-state index in [1.54, 1.807) is 36.4 Å². The smallest absolute Gasteiger partial charge is 0.240 e. The largest absolute Gasteiger partial charge is 0.326 e. The van der Waals surface area contributed by atoms with Gasteiger partial charge in [-0.2, -0.15) is 0 Å². The number of sulfonamides is 1. The summed E-state index contributed by atoms with van der Waals surface area (Å²) < 4.78 is 26.9. The van der Waals surface area contributed by atoms with E-state index >= 15 is 0 Å². The van der Waals surface area contributed by atoms with E-state index in [4.69, 9.17) is 17.3 Å². The number of benzene rings is 2. The molecule has 0 aliphatic carbocycles. The van der Waals surface area contributed by atoms with E-state index in [1.165, 1.54) is 6.07 Å². The Balaban J connectivity index is 2.17. The van der Waals surface area contributed by atoms with Crippen molar-refractivity contribution in [2.75, 3.05) is 0 Å². The molecule has 0 unspecified atom stereocenters. The van der Waals surface area contributed by atoms with Crippen LogP contribution in [-0.2, 0) is 23.1 Å². The van der Waals surface area contributed by atoms with Crippen molar-refractivity contribution >= 4 is 21.6 Å². The highest BCUT2D eigenvalue weighted by molar-refractivity contribution is 7.89. The maximum absolute atomic E-state index is 12.2. The van der Waals surface area contributed by atoms with Gasteiger partial charge in [-0.15, -0.1) is 0 Å². The molecule has 20 heavy (non-hydrogen) atoms. The first-order valence-electron chi connectivity index (χ1n) is 6.05. The van der Waals surface area contributed by atoms with Gasteiger partial charge in [-0.25, -0.2) is 13.1 Å². The average molecular weight is 311 g/mol. The Kier molecular flexibility index (Phi) is 4.77. The lowest BCUT2D eigenvalue weighted by atomic mass is 10.2. The van der Waals surface area contributed by atoms with Crippen LogP contribution in [0.15, 0.2) is 53.4 Å². The van der Waals surface area contributed by atoms with Gasteiger partial charge in [0.15, 0.2) is 0 Å². The predicted molar refractivity (Wildman–Crippen MR) is 79.8 cm³/mol. The minimum Gasteiger partial charge on any atom is -0.326 e. The SMILES string of the molecule is NCc1cccc(S(=O)(=O)NCc2ccccc2Cl)c1. The number of nitrogens with two attached hydrogens (primary N) is 1. The van der Waals surface area contributed by atoms with Crippen LogP contribution >= 0.6 is 11.6 Å². The van der Waals surface area contributed by atoms with Crippen LogP contribution in [0.2, 0.25) is 5.02 Å². The highest BCUT2D eigenvalue weighted by Gasteiger charge is 2.14. The third-order valence-electron chi connectivity index (χ3n) is 2.85. The monoisotopic (exact) mass is 310 g/mol. The molecule has 0 fully saturated rings. The predicted octanol–water partition coefficient (Wildman–Crippen LogP) is 2.28. The number of halogens is 1. The van der Waals surface area contributed by atoms with Gasteiger partial charge < -0.3 is 5.73 Å². The van der Waals surface area contributed by atoms with Crippen molar-refractivity contribution in [1.82, 2.24) is 4.72 Å². The van der Waals surface area contributed by atoms with Crippen molar-refractivity contribution in [3.63, 3.8) is 0 Å². The van der Waals surface area contributed by atoms with E-state index < -0.39 is 10.0 Å². The van der Waals surface area contributed by atoms with E-state index in [0.717, 1.165) is 11.1 Å². The van der Waals surface area contributed by atoms with E-state index in [9.17, 15) is 8.42 Å². The van der Waals surface area contributed by atoms with Crippen molar-refractivity contribution in [1.29, 1.82) is 0 Å². The highest BCUT2D eigenvalue weighted by Crippen LogP contribution is 2.16. The lowest BCUT2D eigenvalue weighted by molar-refractivity contribution is 0.581. The fourth-order valence-corrected chi connectivity index (χ4v) is 3.02.